The molecule has 35 heavy (non-hydrogen) atoms. The molecule has 4 rings (SSSR count). The number of hydrogen-bond donors (Lipinski definition) is 1. The third-order valence-corrected chi connectivity index (χ3v) is 5.61. The number of carbonyl (C=O) groups is 2. The molecule has 2 aromatic heterocycles. The molecular weight excluding hydrogens is 470 g/mol. The molecular formula is C26H24ClN3O5. The second kappa shape index (κ2) is 10.9. The molecule has 0 unspecified atom stereocenters. The fourth-order valence-electron chi connectivity index (χ4n) is 3.56. The Hall–Kier alpha value is -4.04. The third-order valence-electron chi connectivity index (χ3n) is 5.32. The van der Waals surface area contributed by atoms with Gasteiger partial charge in [0.2, 0.25) is 5.89 Å². The molecule has 0 saturated heterocycles. The van der Waals surface area contributed by atoms with Crippen molar-refractivity contribution in [3.63, 3.8) is 0 Å². The number of rotatable bonds is 8. The SMILES string of the molecule is COC(=O)NC/C=C\c1nc(C(=O)OCc2cccc3c2c(Cl)cn3Cc2ccc(C)cc2)co1. The second-order valence-electron chi connectivity index (χ2n) is 7.82. The molecule has 0 aliphatic heterocycles. The van der Waals surface area contributed by atoms with Crippen LogP contribution in [0.5, 0.6) is 0 Å². The van der Waals surface area contributed by atoms with Crippen LogP contribution < -0.4 is 5.32 Å². The smallest absolute Gasteiger partial charge is 0.407 e. The molecule has 180 valence electrons. The molecule has 0 bridgehead atoms. The van der Waals surface area contributed by atoms with E-state index in [1.54, 1.807) is 6.08 Å². The summed E-state index contributed by atoms with van der Waals surface area (Å²) in [4.78, 5) is 27.6. The number of ether oxygens (including phenoxy) is 2. The Bertz CT molecular complexity index is 1370. The second-order valence-corrected chi connectivity index (χ2v) is 8.23. The van der Waals surface area contributed by atoms with Gasteiger partial charge < -0.3 is 23.8 Å². The summed E-state index contributed by atoms with van der Waals surface area (Å²) in [5.74, 6) is -0.407. The van der Waals surface area contributed by atoms with Crippen LogP contribution in [-0.2, 0) is 22.6 Å². The van der Waals surface area contributed by atoms with Crippen LogP contribution in [-0.4, -0.2) is 35.3 Å². The van der Waals surface area contributed by atoms with Crippen molar-refractivity contribution in [2.24, 2.45) is 0 Å². The highest BCUT2D eigenvalue weighted by Gasteiger charge is 2.16. The lowest BCUT2D eigenvalue weighted by Gasteiger charge is -2.08. The van der Waals surface area contributed by atoms with Gasteiger partial charge in [-0.3, -0.25) is 0 Å². The maximum atomic E-state index is 12.5. The summed E-state index contributed by atoms with van der Waals surface area (Å²) in [5, 5.41) is 3.92. The number of oxazole rings is 1. The molecule has 2 heterocycles. The van der Waals surface area contributed by atoms with Crippen LogP contribution in [0.3, 0.4) is 0 Å². The standard InChI is InChI=1S/C26H24ClN3O5/c1-17-8-10-18(11-9-17)13-30-14-20(27)24-19(5-3-6-22(24)30)15-35-25(31)21-16-34-23(29-21)7-4-12-28-26(32)33-2/h3-11,14,16H,12-13,15H2,1-2H3,(H,28,32)/b7-4-. The molecule has 0 fully saturated rings. The Kier molecular flexibility index (Phi) is 7.52. The number of nitrogens with zero attached hydrogens (tertiary/aromatic N) is 2. The van der Waals surface area contributed by atoms with Crippen molar-refractivity contribution in [3.05, 3.63) is 94.3 Å². The quantitative estimate of drug-likeness (QED) is 0.332. The summed E-state index contributed by atoms with van der Waals surface area (Å²) in [6.07, 6.45) is 5.71. The van der Waals surface area contributed by atoms with Crippen LogP contribution in [0.2, 0.25) is 5.02 Å². The zero-order chi connectivity index (χ0) is 24.8. The molecule has 0 aliphatic carbocycles. The average molecular weight is 494 g/mol. The average Bonchev–Trinajstić information content (AvgIpc) is 3.46. The molecule has 0 radical (unpaired) electrons. The normalized spacial score (nSPS) is 11.2. The predicted molar refractivity (Wildman–Crippen MR) is 132 cm³/mol. The van der Waals surface area contributed by atoms with Gasteiger partial charge >= 0.3 is 12.1 Å². The highest BCUT2D eigenvalue weighted by molar-refractivity contribution is 6.36. The Balaban J connectivity index is 1.42. The topological polar surface area (TPSA) is 95.6 Å². The molecule has 4 aromatic rings. The van der Waals surface area contributed by atoms with E-state index in [1.807, 2.05) is 24.4 Å². The number of fused-ring (bicyclic) bond motifs is 1. The summed E-state index contributed by atoms with van der Waals surface area (Å²) in [6.45, 7) is 2.99. The van der Waals surface area contributed by atoms with Crippen molar-refractivity contribution in [1.82, 2.24) is 14.9 Å². The monoisotopic (exact) mass is 493 g/mol. The number of benzene rings is 2. The molecule has 9 heteroatoms. The van der Waals surface area contributed by atoms with Crippen molar-refractivity contribution < 1.29 is 23.5 Å². The van der Waals surface area contributed by atoms with Gasteiger partial charge in [0.15, 0.2) is 5.69 Å². The first-order valence-corrected chi connectivity index (χ1v) is 11.2. The zero-order valence-electron chi connectivity index (χ0n) is 19.3. The lowest BCUT2D eigenvalue weighted by molar-refractivity contribution is 0.0467. The van der Waals surface area contributed by atoms with Gasteiger partial charge in [-0.05, 0) is 24.6 Å². The molecule has 0 saturated carbocycles. The molecule has 0 aliphatic rings. The number of nitrogens with one attached hydrogen (secondary N) is 1. The first-order chi connectivity index (χ1) is 16.9. The number of hydrogen-bond acceptors (Lipinski definition) is 6. The van der Waals surface area contributed by atoms with E-state index in [4.69, 9.17) is 20.8 Å². The van der Waals surface area contributed by atoms with Gasteiger partial charge in [-0.25, -0.2) is 14.6 Å². The van der Waals surface area contributed by atoms with Crippen molar-refractivity contribution >= 4 is 40.6 Å². The number of halogens is 1. The third kappa shape index (κ3) is 5.91. The van der Waals surface area contributed by atoms with E-state index in [0.29, 0.717) is 11.6 Å². The molecule has 1 N–H and O–H groups in total. The number of amides is 1. The van der Waals surface area contributed by atoms with Gasteiger partial charge in [0, 0.05) is 30.2 Å². The van der Waals surface area contributed by atoms with Gasteiger partial charge in [-0.15, -0.1) is 0 Å². The van der Waals surface area contributed by atoms with E-state index >= 15 is 0 Å². The first-order valence-electron chi connectivity index (χ1n) is 10.9. The maximum absolute atomic E-state index is 12.5. The lowest BCUT2D eigenvalue weighted by atomic mass is 10.1. The molecule has 8 nitrogen and oxygen atoms in total. The van der Waals surface area contributed by atoms with E-state index in [1.165, 1.54) is 25.0 Å². The van der Waals surface area contributed by atoms with Gasteiger partial charge in [0.1, 0.15) is 12.9 Å². The van der Waals surface area contributed by atoms with Crippen LogP contribution in [0.1, 0.15) is 33.1 Å². The lowest BCUT2D eigenvalue weighted by Crippen LogP contribution is -2.22. The van der Waals surface area contributed by atoms with Crippen molar-refractivity contribution in [2.45, 2.75) is 20.1 Å². The van der Waals surface area contributed by atoms with Crippen molar-refractivity contribution in [3.8, 4) is 0 Å². The minimum Gasteiger partial charge on any atom is -0.456 e. The summed E-state index contributed by atoms with van der Waals surface area (Å²) >= 11 is 6.57. The number of aromatic nitrogens is 2. The van der Waals surface area contributed by atoms with E-state index in [-0.39, 0.29) is 24.7 Å². The van der Waals surface area contributed by atoms with Gasteiger partial charge in [0.25, 0.3) is 0 Å². The Morgan fingerprint density at radius 3 is 2.77 bits per heavy atom. The largest absolute Gasteiger partial charge is 0.456 e. The predicted octanol–water partition coefficient (Wildman–Crippen LogP) is 5.37. The van der Waals surface area contributed by atoms with E-state index in [9.17, 15) is 9.59 Å². The van der Waals surface area contributed by atoms with Crippen LogP contribution >= 0.6 is 11.6 Å². The molecule has 0 atom stereocenters. The number of esters is 1. The van der Waals surface area contributed by atoms with Crippen LogP contribution in [0.15, 0.2) is 65.4 Å². The number of aryl methyl sites for hydroxylation is 1. The summed E-state index contributed by atoms with van der Waals surface area (Å²) in [5.41, 5.74) is 4.16. The Morgan fingerprint density at radius 2 is 2.00 bits per heavy atom. The number of methoxy groups -OCH3 is 1. The summed E-state index contributed by atoms with van der Waals surface area (Å²) < 4.78 is 17.3. The van der Waals surface area contributed by atoms with Crippen molar-refractivity contribution in [1.29, 1.82) is 0 Å². The van der Waals surface area contributed by atoms with Crippen LogP contribution in [0.25, 0.3) is 17.0 Å². The highest BCUT2D eigenvalue weighted by atomic mass is 35.5. The van der Waals surface area contributed by atoms with E-state index in [2.05, 4.69) is 50.8 Å². The minimum atomic E-state index is -0.617. The maximum Gasteiger partial charge on any atom is 0.407 e. The van der Waals surface area contributed by atoms with Gasteiger partial charge in [-0.2, -0.15) is 0 Å². The van der Waals surface area contributed by atoms with Gasteiger partial charge in [0.05, 0.1) is 17.6 Å². The molecule has 1 amide bonds. The number of carbonyl (C=O) groups excluding carboxylic acids is 2. The zero-order valence-corrected chi connectivity index (χ0v) is 20.0. The number of alkyl carbamates (subject to hydrolysis) is 1. The first kappa shape index (κ1) is 24.1. The van der Waals surface area contributed by atoms with Gasteiger partial charge in [-0.1, -0.05) is 59.6 Å². The van der Waals surface area contributed by atoms with Crippen LogP contribution in [0, 0.1) is 6.92 Å². The summed E-state index contributed by atoms with van der Waals surface area (Å²) in [7, 11) is 1.28. The molecule has 2 aromatic carbocycles. The van der Waals surface area contributed by atoms with Crippen molar-refractivity contribution in [2.75, 3.05) is 13.7 Å². The fourth-order valence-corrected chi connectivity index (χ4v) is 3.90. The minimum absolute atomic E-state index is 0.0333. The van der Waals surface area contributed by atoms with Crippen LogP contribution in [0.4, 0.5) is 4.79 Å². The van der Waals surface area contributed by atoms with E-state index in [0.717, 1.165) is 22.0 Å². The Morgan fingerprint density at radius 1 is 1.20 bits per heavy atom. The summed E-state index contributed by atoms with van der Waals surface area (Å²) in [6, 6.07) is 14.1. The highest BCUT2D eigenvalue weighted by Crippen LogP contribution is 2.30. The fraction of sp³-hybridized carbons (Fsp3) is 0.192. The molecule has 0 spiro atoms. The van der Waals surface area contributed by atoms with E-state index < -0.39 is 12.1 Å². The Labute approximate surface area is 207 Å².